The molecular formula is C59H47BN3O. The predicted octanol–water partition coefficient (Wildman–Crippen LogP) is 13.9. The Morgan fingerprint density at radius 3 is 1.94 bits per heavy atom. The topological polar surface area (TPSA) is 43.0 Å². The number of nitrogens with one attached hydrogen (secondary N) is 1. The minimum Gasteiger partial charge on any atom is -0.436 e. The maximum absolute atomic E-state index is 6.57. The van der Waals surface area contributed by atoms with Crippen LogP contribution in [0.5, 0.6) is 0 Å². The van der Waals surface area contributed by atoms with Gasteiger partial charge in [-0.05, 0) is 121 Å². The van der Waals surface area contributed by atoms with Crippen LogP contribution in [0.3, 0.4) is 0 Å². The monoisotopic (exact) mass is 824 g/mol. The number of anilines is 2. The van der Waals surface area contributed by atoms with Crippen LogP contribution in [0, 0.1) is 0 Å². The van der Waals surface area contributed by atoms with E-state index in [2.05, 4.69) is 199 Å². The van der Waals surface area contributed by atoms with Crippen molar-refractivity contribution < 1.29 is 4.42 Å². The number of hydrogen-bond acceptors (Lipinski definition) is 3. The van der Waals surface area contributed by atoms with Gasteiger partial charge in [-0.25, -0.2) is 4.98 Å². The Labute approximate surface area is 374 Å². The summed E-state index contributed by atoms with van der Waals surface area (Å²) >= 11 is 0. The molecule has 3 aliphatic rings. The Hall–Kier alpha value is -7.11. The molecule has 2 aromatic heterocycles. The second kappa shape index (κ2) is 12.8. The molecule has 1 aliphatic heterocycles. The van der Waals surface area contributed by atoms with E-state index in [4.69, 9.17) is 9.40 Å². The summed E-state index contributed by atoms with van der Waals surface area (Å²) in [6.07, 6.45) is 0. The summed E-state index contributed by atoms with van der Waals surface area (Å²) in [5.41, 5.74) is 24.7. The van der Waals surface area contributed by atoms with Gasteiger partial charge in [0.2, 0.25) is 5.89 Å². The van der Waals surface area contributed by atoms with Crippen molar-refractivity contribution in [2.24, 2.45) is 0 Å². The highest BCUT2D eigenvalue weighted by molar-refractivity contribution is 6.73. The van der Waals surface area contributed by atoms with Gasteiger partial charge in [0.15, 0.2) is 12.9 Å². The van der Waals surface area contributed by atoms with Crippen LogP contribution in [-0.2, 0) is 16.2 Å². The number of hydrogen-bond donors (Lipinski definition) is 1. The Kier molecular flexibility index (Phi) is 7.47. The summed E-state index contributed by atoms with van der Waals surface area (Å²) in [6.45, 7) is 16.3. The SMILES string of the molecule is CC(C)(C)c1ccc(Nc2cc3c(cc2-c2ccc4c5cc6c(cc5n5c4c2[B]c2cc4nc(-c7ccccc7)oc4cc2-5)C(C)(C)c2ccccc2-6)-c2ccccc2C3(C)C)cc1. The highest BCUT2D eigenvalue weighted by Crippen LogP contribution is 2.53. The summed E-state index contributed by atoms with van der Waals surface area (Å²) in [7, 11) is 2.40. The zero-order valence-electron chi connectivity index (χ0n) is 37.3. The smallest absolute Gasteiger partial charge is 0.227 e. The Morgan fingerprint density at radius 2 is 1.23 bits per heavy atom. The molecule has 0 atom stereocenters. The van der Waals surface area contributed by atoms with Gasteiger partial charge < -0.3 is 14.3 Å². The number of rotatable bonds is 4. The number of nitrogens with zero attached hydrogens (tertiary/aromatic N) is 2. The van der Waals surface area contributed by atoms with E-state index in [1.54, 1.807) is 0 Å². The zero-order valence-corrected chi connectivity index (χ0v) is 37.3. The van der Waals surface area contributed by atoms with E-state index in [0.717, 1.165) is 39.2 Å². The first-order valence-electron chi connectivity index (χ1n) is 22.6. The van der Waals surface area contributed by atoms with Gasteiger partial charge in [0, 0.05) is 61.4 Å². The highest BCUT2D eigenvalue weighted by atomic mass is 16.3. The summed E-state index contributed by atoms with van der Waals surface area (Å²) < 4.78 is 9.10. The van der Waals surface area contributed by atoms with Gasteiger partial charge >= 0.3 is 0 Å². The predicted molar refractivity (Wildman–Crippen MR) is 268 cm³/mol. The van der Waals surface area contributed by atoms with Crippen LogP contribution >= 0.6 is 0 Å². The molecule has 0 saturated heterocycles. The lowest BCUT2D eigenvalue weighted by Gasteiger charge is -2.26. The third-order valence-electron chi connectivity index (χ3n) is 14.8. The molecule has 307 valence electrons. The second-order valence-corrected chi connectivity index (χ2v) is 20.3. The van der Waals surface area contributed by atoms with Gasteiger partial charge in [-0.2, -0.15) is 0 Å². The van der Waals surface area contributed by atoms with Crippen molar-refractivity contribution in [2.75, 3.05) is 5.32 Å². The van der Waals surface area contributed by atoms with Crippen molar-refractivity contribution in [1.29, 1.82) is 0 Å². The molecule has 10 aromatic rings. The van der Waals surface area contributed by atoms with Crippen molar-refractivity contribution in [2.45, 2.75) is 64.7 Å². The standard InChI is InChI=1S/C59H47BN3O/c1-57(2,3)34-21-23-35(24-22-34)61-49-29-46-40(36-17-11-13-19-44(36)58(46,4)5)27-42(49)38-25-26-39-43-28-41-37-18-12-14-20-45(37)59(6,7)47(41)30-51(43)63-52-32-53-50(31-48(52)60-54(38)55(39)63)62-56(64-53)33-15-9-8-10-16-33/h8-32,61H,1-7H3. The summed E-state index contributed by atoms with van der Waals surface area (Å²) in [5, 5.41) is 6.46. The van der Waals surface area contributed by atoms with E-state index in [1.165, 1.54) is 88.5 Å². The Morgan fingerprint density at radius 1 is 0.578 bits per heavy atom. The molecule has 1 radical (unpaired) electrons. The quantitative estimate of drug-likeness (QED) is 0.180. The van der Waals surface area contributed by atoms with Crippen LogP contribution in [0.4, 0.5) is 11.4 Å². The normalized spacial score (nSPS) is 14.9. The molecule has 0 unspecified atom stereocenters. The molecule has 4 nitrogen and oxygen atoms in total. The van der Waals surface area contributed by atoms with E-state index in [9.17, 15) is 0 Å². The lowest BCUT2D eigenvalue weighted by Crippen LogP contribution is -2.37. The zero-order chi connectivity index (χ0) is 43.4. The van der Waals surface area contributed by atoms with Crippen LogP contribution in [0.1, 0.15) is 76.3 Å². The minimum atomic E-state index is -0.152. The molecule has 2 aliphatic carbocycles. The average Bonchev–Trinajstić information content (AvgIpc) is 3.99. The van der Waals surface area contributed by atoms with Gasteiger partial charge in [0.25, 0.3) is 0 Å². The first-order chi connectivity index (χ1) is 30.8. The average molecular weight is 825 g/mol. The van der Waals surface area contributed by atoms with Gasteiger partial charge in [0.1, 0.15) is 5.52 Å². The van der Waals surface area contributed by atoms with Crippen LogP contribution in [0.25, 0.3) is 83.4 Å². The minimum absolute atomic E-state index is 0.0651. The van der Waals surface area contributed by atoms with E-state index >= 15 is 0 Å². The molecule has 5 heteroatoms. The first kappa shape index (κ1) is 37.4. The van der Waals surface area contributed by atoms with E-state index in [0.29, 0.717) is 5.89 Å². The fourth-order valence-electron chi connectivity index (χ4n) is 11.4. The molecular weight excluding hydrogens is 777 g/mol. The molecule has 3 heterocycles. The van der Waals surface area contributed by atoms with Crippen molar-refractivity contribution in [3.63, 3.8) is 0 Å². The summed E-state index contributed by atoms with van der Waals surface area (Å²) in [5.74, 6) is 0.628. The lowest BCUT2D eigenvalue weighted by atomic mass is 9.59. The molecule has 0 amide bonds. The Bertz CT molecular complexity index is 3640. The third kappa shape index (κ3) is 5.15. The summed E-state index contributed by atoms with van der Waals surface area (Å²) in [4.78, 5) is 5.07. The summed E-state index contributed by atoms with van der Waals surface area (Å²) in [6, 6.07) is 56.1. The number of oxazole rings is 1. The van der Waals surface area contributed by atoms with Crippen molar-refractivity contribution in [3.8, 4) is 50.5 Å². The fourth-order valence-corrected chi connectivity index (χ4v) is 11.4. The van der Waals surface area contributed by atoms with E-state index in [-0.39, 0.29) is 16.2 Å². The highest BCUT2D eigenvalue weighted by Gasteiger charge is 2.39. The number of aromatic nitrogens is 2. The first-order valence-corrected chi connectivity index (χ1v) is 22.6. The van der Waals surface area contributed by atoms with Crippen molar-refractivity contribution in [1.82, 2.24) is 9.55 Å². The third-order valence-corrected chi connectivity index (χ3v) is 14.8. The molecule has 0 spiro atoms. The maximum atomic E-state index is 6.57. The van der Waals surface area contributed by atoms with Gasteiger partial charge in [-0.3, -0.25) is 0 Å². The molecule has 0 bridgehead atoms. The van der Waals surface area contributed by atoms with Crippen LogP contribution < -0.4 is 16.2 Å². The fraction of sp³-hybridized carbons (Fsp3) is 0.169. The molecule has 64 heavy (non-hydrogen) atoms. The lowest BCUT2D eigenvalue weighted by molar-refractivity contribution is 0.590. The van der Waals surface area contributed by atoms with Crippen LogP contribution in [0.2, 0.25) is 0 Å². The molecule has 13 rings (SSSR count). The van der Waals surface area contributed by atoms with Crippen molar-refractivity contribution >= 4 is 62.5 Å². The molecule has 0 fully saturated rings. The second-order valence-electron chi connectivity index (χ2n) is 20.3. The van der Waals surface area contributed by atoms with Gasteiger partial charge in [-0.1, -0.05) is 145 Å². The molecule has 8 aromatic carbocycles. The number of fused-ring (bicyclic) bond motifs is 12. The van der Waals surface area contributed by atoms with Crippen LogP contribution in [-0.4, -0.2) is 16.8 Å². The molecule has 0 saturated carbocycles. The van der Waals surface area contributed by atoms with Crippen LogP contribution in [0.15, 0.2) is 156 Å². The molecule has 1 N–H and O–H groups in total. The van der Waals surface area contributed by atoms with E-state index < -0.39 is 0 Å². The Balaban J connectivity index is 1.09. The van der Waals surface area contributed by atoms with Crippen molar-refractivity contribution in [3.05, 3.63) is 179 Å². The number of benzene rings is 8. The van der Waals surface area contributed by atoms with E-state index in [1.807, 2.05) is 18.2 Å². The van der Waals surface area contributed by atoms with Gasteiger partial charge in [-0.15, -0.1) is 0 Å². The largest absolute Gasteiger partial charge is 0.436 e. The maximum Gasteiger partial charge on any atom is 0.227 e. The van der Waals surface area contributed by atoms with Gasteiger partial charge in [0.05, 0.1) is 5.52 Å².